The van der Waals surface area contributed by atoms with Gasteiger partial charge in [0.25, 0.3) is 0 Å². The molecule has 0 aromatic carbocycles. The Morgan fingerprint density at radius 3 is 1.73 bits per heavy atom. The Hall–Kier alpha value is 1.25. The van der Waals surface area contributed by atoms with Crippen molar-refractivity contribution in [2.75, 3.05) is 0 Å². The second-order valence-corrected chi connectivity index (χ2v) is 3.41. The fraction of sp³-hybridized carbons (Fsp3) is 0.889. The van der Waals surface area contributed by atoms with E-state index in [0.29, 0.717) is 0 Å². The molecule has 62 valence electrons. The Kier molecular flexibility index (Phi) is 10.6. The van der Waals surface area contributed by atoms with Crippen LogP contribution < -0.4 is 17.0 Å². The first kappa shape index (κ1) is 14.8. The molecule has 0 heterocycles. The zero-order valence-corrected chi connectivity index (χ0v) is 10.7. The molecule has 0 spiro atoms. The van der Waals surface area contributed by atoms with Gasteiger partial charge in [-0.15, -0.1) is 0 Å². The molecule has 0 nitrogen and oxygen atoms in total. The van der Waals surface area contributed by atoms with Crippen molar-refractivity contribution >= 4 is 23.1 Å². The van der Waals surface area contributed by atoms with Crippen LogP contribution in [0.15, 0.2) is 0 Å². The maximum absolute atomic E-state index is 2.27. The predicted octanol–water partition coefficient (Wildman–Crippen LogP) is -0.196. The van der Waals surface area contributed by atoms with Gasteiger partial charge in [-0.1, -0.05) is 32.1 Å². The maximum Gasteiger partial charge on any atom is 2.00 e. The summed E-state index contributed by atoms with van der Waals surface area (Å²) in [5.41, 5.74) is 0. The molecule has 0 N–H and O–H groups in total. The average Bonchev–Trinajstić information content (AvgIpc) is 1.90. The minimum Gasteiger partial charge on any atom is -1.00 e. The van der Waals surface area contributed by atoms with Gasteiger partial charge in [-0.2, -0.15) is 19.8 Å². The maximum atomic E-state index is 2.27. The molecule has 0 atom stereocenters. The molecular formula is C9H17BrMg. The topological polar surface area (TPSA) is 0 Å². The summed E-state index contributed by atoms with van der Waals surface area (Å²) in [6, 6.07) is 0. The van der Waals surface area contributed by atoms with Gasteiger partial charge in [-0.3, -0.25) is 0 Å². The second kappa shape index (κ2) is 7.87. The van der Waals surface area contributed by atoms with Crippen LogP contribution in [0.25, 0.3) is 0 Å². The Morgan fingerprint density at radius 1 is 1.00 bits per heavy atom. The van der Waals surface area contributed by atoms with Gasteiger partial charge < -0.3 is 22.9 Å². The summed E-state index contributed by atoms with van der Waals surface area (Å²) in [5, 5.41) is 0. The van der Waals surface area contributed by atoms with Gasteiger partial charge in [-0.25, -0.2) is 0 Å². The van der Waals surface area contributed by atoms with E-state index in [1.165, 1.54) is 32.1 Å². The summed E-state index contributed by atoms with van der Waals surface area (Å²) < 4.78 is 0. The number of rotatable bonds is 1. The van der Waals surface area contributed by atoms with Gasteiger partial charge in [0.05, 0.1) is 0 Å². The van der Waals surface area contributed by atoms with Crippen LogP contribution in [0, 0.1) is 11.8 Å². The third-order valence-corrected chi connectivity index (χ3v) is 2.42. The Morgan fingerprint density at radius 2 is 1.45 bits per heavy atom. The molecule has 11 heavy (non-hydrogen) atoms. The van der Waals surface area contributed by atoms with Crippen molar-refractivity contribution < 1.29 is 17.0 Å². The molecule has 0 saturated heterocycles. The van der Waals surface area contributed by atoms with Crippen LogP contribution >= 0.6 is 0 Å². The van der Waals surface area contributed by atoms with Crippen molar-refractivity contribution in [1.82, 2.24) is 0 Å². The van der Waals surface area contributed by atoms with E-state index < -0.39 is 0 Å². The molecule has 0 unspecified atom stereocenters. The van der Waals surface area contributed by atoms with Gasteiger partial charge in [0.15, 0.2) is 0 Å². The van der Waals surface area contributed by atoms with Crippen LogP contribution in [0.3, 0.4) is 0 Å². The standard InChI is InChI=1S/C9H17.BrH.Mg/c1-8(2)9-6-4-3-5-7-9;;/h9H,3-7H2,1-2H3;1H;/q-1;;+2/p-1. The molecule has 0 amide bonds. The summed E-state index contributed by atoms with van der Waals surface area (Å²) in [4.78, 5) is 0. The number of hydrogen-bond donors (Lipinski definition) is 0. The average molecular weight is 229 g/mol. The first-order chi connectivity index (χ1) is 4.30. The van der Waals surface area contributed by atoms with Gasteiger partial charge in [-0.05, 0) is 0 Å². The number of halogens is 1. The van der Waals surface area contributed by atoms with Crippen molar-refractivity contribution in [3.63, 3.8) is 0 Å². The fourth-order valence-corrected chi connectivity index (χ4v) is 1.68. The molecular weight excluding hydrogens is 212 g/mol. The van der Waals surface area contributed by atoms with Crippen LogP contribution in [-0.2, 0) is 0 Å². The molecule has 2 heteroatoms. The quantitative estimate of drug-likeness (QED) is 0.432. The van der Waals surface area contributed by atoms with Gasteiger partial charge >= 0.3 is 23.1 Å². The Balaban J connectivity index is 0. The molecule has 1 aliphatic rings. The first-order valence-corrected chi connectivity index (χ1v) is 4.11. The summed E-state index contributed by atoms with van der Waals surface area (Å²) in [6.07, 6.45) is 7.33. The Bertz CT molecular complexity index is 77.6. The molecule has 1 saturated carbocycles. The fourth-order valence-electron chi connectivity index (χ4n) is 1.68. The molecule has 0 bridgehead atoms. The third-order valence-electron chi connectivity index (χ3n) is 2.42. The van der Waals surface area contributed by atoms with Gasteiger partial charge in [0.2, 0.25) is 0 Å². The van der Waals surface area contributed by atoms with Crippen LogP contribution in [0.1, 0.15) is 46.0 Å². The molecule has 1 rings (SSSR count). The van der Waals surface area contributed by atoms with Gasteiger partial charge in [0, 0.05) is 0 Å². The Labute approximate surface area is 97.4 Å². The van der Waals surface area contributed by atoms with E-state index >= 15 is 0 Å². The smallest absolute Gasteiger partial charge is 1.00 e. The van der Waals surface area contributed by atoms with E-state index in [0.717, 1.165) is 5.92 Å². The van der Waals surface area contributed by atoms with Crippen molar-refractivity contribution in [1.29, 1.82) is 0 Å². The van der Waals surface area contributed by atoms with Crippen molar-refractivity contribution in [3.8, 4) is 0 Å². The van der Waals surface area contributed by atoms with Crippen LogP contribution in [0.2, 0.25) is 0 Å². The number of hydrogen-bond acceptors (Lipinski definition) is 0. The zero-order valence-electron chi connectivity index (χ0n) is 7.70. The van der Waals surface area contributed by atoms with Crippen molar-refractivity contribution in [2.45, 2.75) is 46.0 Å². The molecule has 1 aliphatic carbocycles. The summed E-state index contributed by atoms with van der Waals surface area (Å²) >= 11 is 0. The van der Waals surface area contributed by atoms with Crippen LogP contribution in [0.4, 0.5) is 0 Å². The van der Waals surface area contributed by atoms with Crippen LogP contribution in [0.5, 0.6) is 0 Å². The van der Waals surface area contributed by atoms with E-state index in [1.807, 2.05) is 0 Å². The molecule has 1 fully saturated rings. The van der Waals surface area contributed by atoms with E-state index in [-0.39, 0.29) is 40.0 Å². The van der Waals surface area contributed by atoms with E-state index in [4.69, 9.17) is 0 Å². The monoisotopic (exact) mass is 228 g/mol. The van der Waals surface area contributed by atoms with Crippen LogP contribution in [-0.4, -0.2) is 23.1 Å². The molecule has 0 aromatic rings. The minimum absolute atomic E-state index is 0. The summed E-state index contributed by atoms with van der Waals surface area (Å²) in [7, 11) is 0. The molecule has 0 radical (unpaired) electrons. The predicted molar refractivity (Wildman–Crippen MR) is 46.9 cm³/mol. The van der Waals surface area contributed by atoms with Crippen molar-refractivity contribution in [3.05, 3.63) is 5.92 Å². The molecule has 0 aromatic heterocycles. The summed E-state index contributed by atoms with van der Waals surface area (Å²) in [6.45, 7) is 4.55. The minimum atomic E-state index is 0. The first-order valence-electron chi connectivity index (χ1n) is 4.11. The zero-order chi connectivity index (χ0) is 6.69. The van der Waals surface area contributed by atoms with E-state index in [2.05, 4.69) is 13.8 Å². The largest absolute Gasteiger partial charge is 2.00 e. The van der Waals surface area contributed by atoms with Gasteiger partial charge in [0.1, 0.15) is 0 Å². The van der Waals surface area contributed by atoms with Crippen molar-refractivity contribution in [2.24, 2.45) is 5.92 Å². The normalized spacial score (nSPS) is 18.8. The SMILES string of the molecule is C[C-](C)C1CCCCC1.[Br-].[Mg+2]. The van der Waals surface area contributed by atoms with E-state index in [1.54, 1.807) is 5.92 Å². The third kappa shape index (κ3) is 5.48. The molecule has 0 aliphatic heterocycles. The second-order valence-electron chi connectivity index (χ2n) is 3.41. The summed E-state index contributed by atoms with van der Waals surface area (Å²) in [5.74, 6) is 2.62. The van der Waals surface area contributed by atoms with E-state index in [9.17, 15) is 0 Å².